The quantitative estimate of drug-likeness (QED) is 0.789. The van der Waals surface area contributed by atoms with E-state index in [-0.39, 0.29) is 11.4 Å². The number of nitrogens with one attached hydrogen (secondary N) is 1. The summed E-state index contributed by atoms with van der Waals surface area (Å²) >= 11 is 0. The van der Waals surface area contributed by atoms with E-state index in [1.54, 1.807) is 12.1 Å². The number of benzene rings is 1. The second kappa shape index (κ2) is 6.72. The van der Waals surface area contributed by atoms with Gasteiger partial charge < -0.3 is 10.1 Å². The van der Waals surface area contributed by atoms with Crippen molar-refractivity contribution >= 4 is 0 Å². The zero-order chi connectivity index (χ0) is 12.7. The van der Waals surface area contributed by atoms with Gasteiger partial charge in [0, 0.05) is 12.1 Å². The van der Waals surface area contributed by atoms with Gasteiger partial charge in [-0.3, -0.25) is 0 Å². The third-order valence-electron chi connectivity index (χ3n) is 3.03. The lowest BCUT2D eigenvalue weighted by Gasteiger charge is -2.29. The molecule has 1 rings (SSSR count). The Labute approximate surface area is 103 Å². The highest BCUT2D eigenvalue weighted by Crippen LogP contribution is 2.18. The monoisotopic (exact) mass is 239 g/mol. The normalized spacial score (nSPS) is 14.6. The van der Waals surface area contributed by atoms with Crippen molar-refractivity contribution in [3.63, 3.8) is 0 Å². The van der Waals surface area contributed by atoms with Crippen molar-refractivity contribution in [3.05, 3.63) is 35.6 Å². The average Bonchev–Trinajstić information content (AvgIpc) is 2.35. The Balaban J connectivity index is 2.55. The van der Waals surface area contributed by atoms with Crippen molar-refractivity contribution in [1.29, 1.82) is 0 Å². The van der Waals surface area contributed by atoms with Crippen LogP contribution in [0.2, 0.25) is 0 Å². The van der Waals surface area contributed by atoms with Gasteiger partial charge in [0.25, 0.3) is 0 Å². The van der Waals surface area contributed by atoms with Crippen molar-refractivity contribution in [3.8, 4) is 0 Å². The number of halogens is 1. The molecule has 0 aliphatic carbocycles. The van der Waals surface area contributed by atoms with Crippen molar-refractivity contribution in [2.45, 2.75) is 39.4 Å². The second-order valence-electron chi connectivity index (χ2n) is 4.46. The fraction of sp³-hybridized carbons (Fsp3) is 0.571. The van der Waals surface area contributed by atoms with E-state index in [0.717, 1.165) is 19.5 Å². The van der Waals surface area contributed by atoms with Gasteiger partial charge in [0.05, 0.1) is 12.2 Å². The number of hydrogen-bond acceptors (Lipinski definition) is 2. The third kappa shape index (κ3) is 4.44. The fourth-order valence-corrected chi connectivity index (χ4v) is 1.53. The zero-order valence-electron chi connectivity index (χ0n) is 10.9. The molecule has 3 heteroatoms. The summed E-state index contributed by atoms with van der Waals surface area (Å²) in [6.07, 6.45) is 0.897. The van der Waals surface area contributed by atoms with E-state index in [9.17, 15) is 4.39 Å². The molecule has 1 aromatic rings. The van der Waals surface area contributed by atoms with Crippen LogP contribution in [0.1, 0.15) is 32.8 Å². The Morgan fingerprint density at radius 1 is 1.29 bits per heavy atom. The lowest BCUT2D eigenvalue weighted by atomic mass is 10.0. The first-order valence-electron chi connectivity index (χ1n) is 6.19. The predicted octanol–water partition coefficient (Wildman–Crippen LogP) is 3.12. The molecule has 2 nitrogen and oxygen atoms in total. The standard InChI is InChI=1S/C14H22FNO/c1-4-14(3,11-16-5-2)17-10-12-8-6-7-9-13(12)15/h6-9,16H,4-5,10-11H2,1-3H3. The van der Waals surface area contributed by atoms with Crippen LogP contribution in [0.5, 0.6) is 0 Å². The minimum absolute atomic E-state index is 0.200. The van der Waals surface area contributed by atoms with E-state index in [1.807, 2.05) is 6.07 Å². The summed E-state index contributed by atoms with van der Waals surface area (Å²) in [4.78, 5) is 0. The van der Waals surface area contributed by atoms with Crippen molar-refractivity contribution in [2.24, 2.45) is 0 Å². The van der Waals surface area contributed by atoms with E-state index >= 15 is 0 Å². The summed E-state index contributed by atoms with van der Waals surface area (Å²) in [5, 5.41) is 3.27. The smallest absolute Gasteiger partial charge is 0.128 e. The molecule has 0 aliphatic heterocycles. The molecule has 0 aromatic heterocycles. The van der Waals surface area contributed by atoms with Crippen LogP contribution >= 0.6 is 0 Å². The van der Waals surface area contributed by atoms with Gasteiger partial charge in [-0.05, 0) is 26.0 Å². The summed E-state index contributed by atoms with van der Waals surface area (Å²) in [7, 11) is 0. The molecule has 0 radical (unpaired) electrons. The van der Waals surface area contributed by atoms with Gasteiger partial charge in [0.2, 0.25) is 0 Å². The molecule has 0 heterocycles. The first-order chi connectivity index (χ1) is 8.11. The molecule has 0 spiro atoms. The average molecular weight is 239 g/mol. The van der Waals surface area contributed by atoms with Gasteiger partial charge in [0.15, 0.2) is 0 Å². The largest absolute Gasteiger partial charge is 0.369 e. The van der Waals surface area contributed by atoms with Gasteiger partial charge >= 0.3 is 0 Å². The van der Waals surface area contributed by atoms with Crippen molar-refractivity contribution in [1.82, 2.24) is 5.32 Å². The third-order valence-corrected chi connectivity index (χ3v) is 3.03. The van der Waals surface area contributed by atoms with Crippen LogP contribution in [0.15, 0.2) is 24.3 Å². The summed E-state index contributed by atoms with van der Waals surface area (Å²) in [6.45, 7) is 8.22. The minimum Gasteiger partial charge on any atom is -0.369 e. The molecule has 1 unspecified atom stereocenters. The number of rotatable bonds is 7. The van der Waals surface area contributed by atoms with E-state index in [1.165, 1.54) is 6.07 Å². The highest BCUT2D eigenvalue weighted by atomic mass is 19.1. The van der Waals surface area contributed by atoms with E-state index < -0.39 is 0 Å². The Bertz CT molecular complexity index is 343. The molecular weight excluding hydrogens is 217 g/mol. The van der Waals surface area contributed by atoms with Crippen LogP contribution in [-0.4, -0.2) is 18.7 Å². The molecule has 0 saturated heterocycles. The molecule has 0 amide bonds. The van der Waals surface area contributed by atoms with Gasteiger partial charge in [-0.2, -0.15) is 0 Å². The SMILES string of the molecule is CCNCC(C)(CC)OCc1ccccc1F. The number of likely N-dealkylation sites (N-methyl/N-ethyl adjacent to an activating group) is 1. The predicted molar refractivity (Wildman–Crippen MR) is 68.4 cm³/mol. The molecule has 0 saturated carbocycles. The summed E-state index contributed by atoms with van der Waals surface area (Å²) in [6, 6.07) is 6.75. The first-order valence-corrected chi connectivity index (χ1v) is 6.19. The highest BCUT2D eigenvalue weighted by molar-refractivity contribution is 5.16. The number of hydrogen-bond donors (Lipinski definition) is 1. The molecule has 0 bridgehead atoms. The fourth-order valence-electron chi connectivity index (χ4n) is 1.53. The molecule has 1 N–H and O–H groups in total. The van der Waals surface area contributed by atoms with Gasteiger partial charge in [0.1, 0.15) is 5.82 Å². The molecule has 96 valence electrons. The minimum atomic E-state index is -0.238. The van der Waals surface area contributed by atoms with Crippen LogP contribution in [0.25, 0.3) is 0 Å². The van der Waals surface area contributed by atoms with Crippen LogP contribution in [-0.2, 0) is 11.3 Å². The van der Waals surface area contributed by atoms with Gasteiger partial charge in [-0.25, -0.2) is 4.39 Å². The maximum Gasteiger partial charge on any atom is 0.128 e. The van der Waals surface area contributed by atoms with Gasteiger partial charge in [-0.1, -0.05) is 32.0 Å². The first kappa shape index (κ1) is 14.1. The molecule has 17 heavy (non-hydrogen) atoms. The number of ether oxygens (including phenoxy) is 1. The van der Waals surface area contributed by atoms with E-state index in [2.05, 4.69) is 26.1 Å². The van der Waals surface area contributed by atoms with Crippen molar-refractivity contribution in [2.75, 3.05) is 13.1 Å². The van der Waals surface area contributed by atoms with Crippen molar-refractivity contribution < 1.29 is 9.13 Å². The van der Waals surface area contributed by atoms with Crippen LogP contribution in [0.4, 0.5) is 4.39 Å². The Morgan fingerprint density at radius 2 is 2.00 bits per heavy atom. The molecule has 1 atom stereocenters. The molecular formula is C14H22FNO. The lowest BCUT2D eigenvalue weighted by molar-refractivity contribution is -0.0450. The van der Waals surface area contributed by atoms with Crippen LogP contribution in [0, 0.1) is 5.82 Å². The summed E-state index contributed by atoms with van der Waals surface area (Å²) in [5.74, 6) is -0.200. The maximum atomic E-state index is 13.4. The highest BCUT2D eigenvalue weighted by Gasteiger charge is 2.22. The Morgan fingerprint density at radius 3 is 2.59 bits per heavy atom. The molecule has 0 fully saturated rings. The molecule has 0 aliphatic rings. The van der Waals surface area contributed by atoms with Gasteiger partial charge in [-0.15, -0.1) is 0 Å². The Hall–Kier alpha value is -0.930. The maximum absolute atomic E-state index is 13.4. The Kier molecular flexibility index (Phi) is 5.59. The summed E-state index contributed by atoms with van der Waals surface area (Å²) in [5.41, 5.74) is 0.377. The van der Waals surface area contributed by atoms with E-state index in [0.29, 0.717) is 12.2 Å². The second-order valence-corrected chi connectivity index (χ2v) is 4.46. The lowest BCUT2D eigenvalue weighted by Crippen LogP contribution is -2.39. The molecule has 1 aromatic carbocycles. The van der Waals surface area contributed by atoms with E-state index in [4.69, 9.17) is 4.74 Å². The van der Waals surface area contributed by atoms with Crippen LogP contribution < -0.4 is 5.32 Å². The summed E-state index contributed by atoms with van der Waals surface area (Å²) < 4.78 is 19.3. The topological polar surface area (TPSA) is 21.3 Å². The zero-order valence-corrected chi connectivity index (χ0v) is 10.9. The van der Waals surface area contributed by atoms with Crippen LogP contribution in [0.3, 0.4) is 0 Å².